The number of carbonyl (C=O) groups is 3. The van der Waals surface area contributed by atoms with Gasteiger partial charge in [-0.15, -0.1) is 0 Å². The molecule has 0 aliphatic rings. The van der Waals surface area contributed by atoms with Gasteiger partial charge in [-0.2, -0.15) is 0 Å². The third-order valence-corrected chi connectivity index (χ3v) is 4.84. The SMILES string of the molecule is CC(C)(C)c1ccc(C(=O)Nc2ccccc2C(=O)Nc2cccc(C(N)=O)c2)cc1. The number of para-hydroxylation sites is 1. The van der Waals surface area contributed by atoms with E-state index in [1.165, 1.54) is 6.07 Å². The number of hydrogen-bond acceptors (Lipinski definition) is 3. The summed E-state index contributed by atoms with van der Waals surface area (Å²) in [5.41, 5.74) is 8.31. The fourth-order valence-corrected chi connectivity index (χ4v) is 3.05. The molecular weight excluding hydrogens is 390 g/mol. The Morgan fingerprint density at radius 1 is 0.742 bits per heavy atom. The lowest BCUT2D eigenvalue weighted by molar-refractivity contribution is 0.0994. The normalized spacial score (nSPS) is 10.9. The van der Waals surface area contributed by atoms with Gasteiger partial charge in [-0.1, -0.05) is 51.1 Å². The van der Waals surface area contributed by atoms with Gasteiger partial charge in [0.25, 0.3) is 11.8 Å². The average Bonchev–Trinajstić information content (AvgIpc) is 2.73. The fraction of sp³-hybridized carbons (Fsp3) is 0.160. The minimum Gasteiger partial charge on any atom is -0.366 e. The Morgan fingerprint density at radius 3 is 2.06 bits per heavy atom. The fourth-order valence-electron chi connectivity index (χ4n) is 3.05. The molecule has 0 saturated carbocycles. The standard InChI is InChI=1S/C25H25N3O3/c1-25(2,3)18-13-11-16(12-14-18)23(30)28-21-10-5-4-9-20(21)24(31)27-19-8-6-7-17(15-19)22(26)29/h4-15H,1-3H3,(H2,26,29)(H,27,31)(H,28,30). The first kappa shape index (κ1) is 21.8. The molecule has 0 heterocycles. The van der Waals surface area contributed by atoms with Crippen molar-refractivity contribution in [2.24, 2.45) is 5.73 Å². The number of nitrogens with two attached hydrogens (primary N) is 1. The first-order valence-corrected chi connectivity index (χ1v) is 9.87. The van der Waals surface area contributed by atoms with Crippen LogP contribution in [0.1, 0.15) is 57.4 Å². The molecule has 4 N–H and O–H groups in total. The Balaban J connectivity index is 1.78. The van der Waals surface area contributed by atoms with Crippen molar-refractivity contribution < 1.29 is 14.4 Å². The Hall–Kier alpha value is -3.93. The second kappa shape index (κ2) is 8.83. The molecule has 31 heavy (non-hydrogen) atoms. The maximum absolute atomic E-state index is 12.8. The molecule has 3 rings (SSSR count). The van der Waals surface area contributed by atoms with Gasteiger partial charge in [0.05, 0.1) is 11.3 Å². The van der Waals surface area contributed by atoms with Gasteiger partial charge in [-0.25, -0.2) is 0 Å². The zero-order valence-corrected chi connectivity index (χ0v) is 17.7. The number of rotatable bonds is 5. The van der Waals surface area contributed by atoms with Crippen molar-refractivity contribution in [3.8, 4) is 0 Å². The minimum absolute atomic E-state index is 0.00842. The third kappa shape index (κ3) is 5.36. The zero-order valence-electron chi connectivity index (χ0n) is 17.7. The lowest BCUT2D eigenvalue weighted by Crippen LogP contribution is -2.19. The Kier molecular flexibility index (Phi) is 6.20. The van der Waals surface area contributed by atoms with Crippen molar-refractivity contribution in [1.82, 2.24) is 0 Å². The van der Waals surface area contributed by atoms with Gasteiger partial charge >= 0.3 is 0 Å². The first-order valence-electron chi connectivity index (χ1n) is 9.87. The largest absolute Gasteiger partial charge is 0.366 e. The minimum atomic E-state index is -0.582. The van der Waals surface area contributed by atoms with Gasteiger partial charge in [-0.3, -0.25) is 14.4 Å². The highest BCUT2D eigenvalue weighted by molar-refractivity contribution is 6.12. The van der Waals surface area contributed by atoms with Crippen molar-refractivity contribution in [2.75, 3.05) is 10.6 Å². The molecular formula is C25H25N3O3. The molecule has 0 unspecified atom stereocenters. The van der Waals surface area contributed by atoms with E-state index in [0.29, 0.717) is 22.5 Å². The van der Waals surface area contributed by atoms with Crippen LogP contribution in [0.2, 0.25) is 0 Å². The predicted molar refractivity (Wildman–Crippen MR) is 122 cm³/mol. The number of anilines is 2. The van der Waals surface area contributed by atoms with Crippen LogP contribution in [0, 0.1) is 0 Å². The molecule has 0 aliphatic carbocycles. The molecule has 0 saturated heterocycles. The molecule has 6 nitrogen and oxygen atoms in total. The summed E-state index contributed by atoms with van der Waals surface area (Å²) in [7, 11) is 0. The van der Waals surface area contributed by atoms with E-state index in [0.717, 1.165) is 5.56 Å². The van der Waals surface area contributed by atoms with Crippen LogP contribution >= 0.6 is 0 Å². The molecule has 0 bridgehead atoms. The average molecular weight is 415 g/mol. The summed E-state index contributed by atoms with van der Waals surface area (Å²) in [6.07, 6.45) is 0. The molecule has 0 radical (unpaired) electrons. The van der Waals surface area contributed by atoms with Gasteiger partial charge in [0.2, 0.25) is 5.91 Å². The molecule has 0 aliphatic heterocycles. The van der Waals surface area contributed by atoms with E-state index in [1.54, 1.807) is 54.6 Å². The van der Waals surface area contributed by atoms with E-state index in [1.807, 2.05) is 12.1 Å². The van der Waals surface area contributed by atoms with Crippen molar-refractivity contribution in [1.29, 1.82) is 0 Å². The molecule has 0 spiro atoms. The Bertz CT molecular complexity index is 1130. The molecule has 3 aromatic rings. The highest BCUT2D eigenvalue weighted by atomic mass is 16.2. The smallest absolute Gasteiger partial charge is 0.257 e. The van der Waals surface area contributed by atoms with Crippen molar-refractivity contribution in [2.45, 2.75) is 26.2 Å². The molecule has 6 heteroatoms. The van der Waals surface area contributed by atoms with Gasteiger partial charge in [0, 0.05) is 16.8 Å². The van der Waals surface area contributed by atoms with Gasteiger partial charge in [-0.05, 0) is 53.4 Å². The van der Waals surface area contributed by atoms with E-state index in [4.69, 9.17) is 5.73 Å². The van der Waals surface area contributed by atoms with Crippen LogP contribution in [0.5, 0.6) is 0 Å². The maximum atomic E-state index is 12.8. The molecule has 0 atom stereocenters. The number of primary amides is 1. The topological polar surface area (TPSA) is 101 Å². The highest BCUT2D eigenvalue weighted by Crippen LogP contribution is 2.23. The summed E-state index contributed by atoms with van der Waals surface area (Å²) < 4.78 is 0. The number of hydrogen-bond donors (Lipinski definition) is 3. The van der Waals surface area contributed by atoms with Crippen LogP contribution in [0.15, 0.2) is 72.8 Å². The van der Waals surface area contributed by atoms with Crippen LogP contribution < -0.4 is 16.4 Å². The van der Waals surface area contributed by atoms with Crippen LogP contribution in [0.4, 0.5) is 11.4 Å². The van der Waals surface area contributed by atoms with E-state index < -0.39 is 11.8 Å². The summed E-state index contributed by atoms with van der Waals surface area (Å²) in [6, 6.07) is 20.5. The third-order valence-electron chi connectivity index (χ3n) is 4.84. The number of amides is 3. The van der Waals surface area contributed by atoms with E-state index >= 15 is 0 Å². The van der Waals surface area contributed by atoms with Crippen LogP contribution in [-0.2, 0) is 5.41 Å². The lowest BCUT2D eigenvalue weighted by Gasteiger charge is -2.19. The first-order chi connectivity index (χ1) is 14.6. The maximum Gasteiger partial charge on any atom is 0.257 e. The summed E-state index contributed by atoms with van der Waals surface area (Å²) >= 11 is 0. The monoisotopic (exact) mass is 415 g/mol. The van der Waals surface area contributed by atoms with Crippen LogP contribution in [0.3, 0.4) is 0 Å². The summed E-state index contributed by atoms with van der Waals surface area (Å²) in [5.74, 6) is -1.31. The summed E-state index contributed by atoms with van der Waals surface area (Å²) in [6.45, 7) is 6.32. The molecule has 3 aromatic carbocycles. The van der Waals surface area contributed by atoms with Crippen LogP contribution in [-0.4, -0.2) is 17.7 Å². The highest BCUT2D eigenvalue weighted by Gasteiger charge is 2.17. The molecule has 0 aromatic heterocycles. The number of nitrogens with one attached hydrogen (secondary N) is 2. The van der Waals surface area contributed by atoms with Crippen molar-refractivity contribution in [3.63, 3.8) is 0 Å². The molecule has 0 fully saturated rings. The summed E-state index contributed by atoms with van der Waals surface area (Å²) in [4.78, 5) is 36.9. The predicted octanol–water partition coefficient (Wildman–Crippen LogP) is 4.59. The van der Waals surface area contributed by atoms with E-state index in [9.17, 15) is 14.4 Å². The van der Waals surface area contributed by atoms with Gasteiger partial charge < -0.3 is 16.4 Å². The van der Waals surface area contributed by atoms with Crippen molar-refractivity contribution in [3.05, 3.63) is 95.1 Å². The Morgan fingerprint density at radius 2 is 1.42 bits per heavy atom. The lowest BCUT2D eigenvalue weighted by atomic mass is 9.86. The molecule has 3 amide bonds. The van der Waals surface area contributed by atoms with Crippen molar-refractivity contribution >= 4 is 29.1 Å². The quantitative estimate of drug-likeness (QED) is 0.568. The summed E-state index contributed by atoms with van der Waals surface area (Å²) in [5, 5.41) is 5.54. The Labute approximate surface area is 181 Å². The number of carbonyl (C=O) groups excluding carboxylic acids is 3. The zero-order chi connectivity index (χ0) is 22.6. The van der Waals surface area contributed by atoms with Crippen LogP contribution in [0.25, 0.3) is 0 Å². The number of benzene rings is 3. The van der Waals surface area contributed by atoms with Gasteiger partial charge in [0.1, 0.15) is 0 Å². The second-order valence-corrected chi connectivity index (χ2v) is 8.23. The van der Waals surface area contributed by atoms with Gasteiger partial charge in [0.15, 0.2) is 0 Å². The second-order valence-electron chi connectivity index (χ2n) is 8.23. The van der Waals surface area contributed by atoms with E-state index in [-0.39, 0.29) is 16.9 Å². The van der Waals surface area contributed by atoms with E-state index in [2.05, 4.69) is 31.4 Å². The molecule has 158 valence electrons.